The Morgan fingerprint density at radius 1 is 0.912 bits per heavy atom. The topological polar surface area (TPSA) is 31.9 Å². The first kappa shape index (κ1) is 22.9. The Hall–Kier alpha value is -2.92. The molecule has 0 bridgehead atoms. The Labute approximate surface area is 207 Å². The molecule has 0 amide bonds. The fourth-order valence-corrected chi connectivity index (χ4v) is 5.36. The highest BCUT2D eigenvalue weighted by Gasteiger charge is 2.37. The third-order valence-corrected chi connectivity index (χ3v) is 7.50. The number of imidazole rings is 1. The van der Waals surface area contributed by atoms with Crippen molar-refractivity contribution < 1.29 is 0 Å². The zero-order chi connectivity index (χ0) is 23.5. The lowest BCUT2D eigenvalue weighted by Gasteiger charge is -2.46. The van der Waals surface area contributed by atoms with Crippen LogP contribution in [-0.4, -0.2) is 41.0 Å². The van der Waals surface area contributed by atoms with E-state index < -0.39 is 0 Å². The van der Waals surface area contributed by atoms with Crippen LogP contribution in [0.3, 0.4) is 0 Å². The van der Waals surface area contributed by atoms with Gasteiger partial charge in [-0.25, -0.2) is 4.98 Å². The summed E-state index contributed by atoms with van der Waals surface area (Å²) in [5, 5.41) is 0.789. The second kappa shape index (κ2) is 9.75. The fraction of sp³-hybridized carbons (Fsp3) is 0.276. The van der Waals surface area contributed by atoms with Crippen LogP contribution in [0, 0.1) is 6.92 Å². The van der Waals surface area contributed by atoms with Crippen molar-refractivity contribution >= 4 is 17.3 Å². The van der Waals surface area contributed by atoms with Gasteiger partial charge in [-0.15, -0.1) is 0 Å². The summed E-state index contributed by atoms with van der Waals surface area (Å²) in [5.41, 5.74) is 6.13. The highest BCUT2D eigenvalue weighted by atomic mass is 35.5. The molecule has 5 rings (SSSR count). The second-order valence-corrected chi connectivity index (χ2v) is 9.82. The molecule has 34 heavy (non-hydrogen) atoms. The predicted molar refractivity (Wildman–Crippen MR) is 142 cm³/mol. The van der Waals surface area contributed by atoms with Crippen molar-refractivity contribution in [3.8, 4) is 11.4 Å². The first-order chi connectivity index (χ1) is 16.5. The van der Waals surface area contributed by atoms with Gasteiger partial charge in [-0.1, -0.05) is 72.3 Å². The normalized spacial score (nSPS) is 16.9. The Morgan fingerprint density at radius 2 is 1.53 bits per heavy atom. The van der Waals surface area contributed by atoms with Gasteiger partial charge in [0.1, 0.15) is 18.1 Å². The number of nitrogens with one attached hydrogen (secondary N) is 1. The molecule has 1 aromatic heterocycles. The molecule has 0 aliphatic carbocycles. The molecule has 3 aromatic carbocycles. The molecule has 1 fully saturated rings. The number of rotatable bonds is 6. The van der Waals surface area contributed by atoms with Gasteiger partial charge in [-0.2, -0.15) is 0 Å². The lowest BCUT2D eigenvalue weighted by Crippen LogP contribution is -2.60. The summed E-state index contributed by atoms with van der Waals surface area (Å²) < 4.78 is 0.944. The summed E-state index contributed by atoms with van der Waals surface area (Å²) in [6.45, 7) is 9.55. The number of aromatic nitrogens is 2. The Bertz CT molecular complexity index is 1210. The summed E-state index contributed by atoms with van der Waals surface area (Å²) in [6.07, 6.45) is 0. The number of quaternary nitrogens is 1. The average molecular weight is 472 g/mol. The number of H-pyrrole nitrogens is 1. The minimum Gasteiger partial charge on any atom is -0.342 e. The molecule has 0 radical (unpaired) electrons. The number of aryl methyl sites for hydroxylation is 1. The van der Waals surface area contributed by atoms with Crippen LogP contribution >= 0.6 is 11.6 Å². The van der Waals surface area contributed by atoms with Gasteiger partial charge < -0.3 is 4.98 Å². The number of nitrogens with zero attached hydrogens (tertiary/aromatic N) is 3. The predicted octanol–water partition coefficient (Wildman–Crippen LogP) is 6.62. The van der Waals surface area contributed by atoms with Crippen LogP contribution in [0.5, 0.6) is 0 Å². The number of aromatic amines is 1. The van der Waals surface area contributed by atoms with E-state index in [0.29, 0.717) is 0 Å². The van der Waals surface area contributed by atoms with Crippen molar-refractivity contribution in [3.05, 3.63) is 107 Å². The number of piperazine rings is 1. The summed E-state index contributed by atoms with van der Waals surface area (Å²) in [7, 11) is 0. The molecule has 1 atom stereocenters. The number of halogens is 1. The summed E-state index contributed by atoms with van der Waals surface area (Å²) >= 11 is 6.22. The zero-order valence-electron chi connectivity index (χ0n) is 19.9. The van der Waals surface area contributed by atoms with Gasteiger partial charge in [0, 0.05) is 47.1 Å². The van der Waals surface area contributed by atoms with Gasteiger partial charge in [-0.3, -0.25) is 9.38 Å². The van der Waals surface area contributed by atoms with Crippen molar-refractivity contribution in [1.29, 1.82) is 0 Å². The van der Waals surface area contributed by atoms with E-state index in [2.05, 4.69) is 90.5 Å². The van der Waals surface area contributed by atoms with E-state index in [1.165, 1.54) is 11.3 Å². The first-order valence-corrected chi connectivity index (χ1v) is 12.4. The van der Waals surface area contributed by atoms with Crippen LogP contribution in [0.4, 0.5) is 5.69 Å². The van der Waals surface area contributed by atoms with Gasteiger partial charge in [0.2, 0.25) is 0 Å². The molecule has 1 aliphatic heterocycles. The van der Waals surface area contributed by atoms with E-state index in [9.17, 15) is 0 Å². The van der Waals surface area contributed by atoms with Crippen molar-refractivity contribution in [1.82, 2.24) is 19.4 Å². The van der Waals surface area contributed by atoms with E-state index in [4.69, 9.17) is 16.6 Å². The minimum atomic E-state index is 0.262. The molecular formula is C29H32ClN4+. The van der Waals surface area contributed by atoms with Gasteiger partial charge in [0.25, 0.3) is 0 Å². The van der Waals surface area contributed by atoms with Crippen molar-refractivity contribution in [2.75, 3.05) is 26.2 Å². The third-order valence-electron chi connectivity index (χ3n) is 7.25. The smallest absolute Gasteiger partial charge is 0.137 e. The van der Waals surface area contributed by atoms with Crippen LogP contribution in [0.1, 0.15) is 29.9 Å². The fourth-order valence-electron chi connectivity index (χ4n) is 5.23. The molecule has 2 heterocycles. The molecule has 0 spiro atoms. The van der Waals surface area contributed by atoms with Crippen LogP contribution < -0.4 is 4.48 Å². The van der Waals surface area contributed by atoms with Crippen LogP contribution in [-0.2, 0) is 6.54 Å². The molecular weight excluding hydrogens is 440 g/mol. The van der Waals surface area contributed by atoms with E-state index in [1.54, 1.807) is 0 Å². The standard InChI is InChI=1S/C29H32ClN4/c1-22-28(32-29(31-22)25-11-7-4-8-12-25)23(2)33-17-19-34(20-18-33,21-24-9-5-3-6-10-24)27-15-13-26(30)14-16-27/h3-16,23H,17-21H2,1-2H3,(H,31,32)/q+1. The second-order valence-electron chi connectivity index (χ2n) is 9.39. The lowest BCUT2D eigenvalue weighted by atomic mass is 10.1. The molecule has 4 aromatic rings. The molecule has 4 nitrogen and oxygen atoms in total. The van der Waals surface area contributed by atoms with Crippen molar-refractivity contribution in [2.45, 2.75) is 26.4 Å². The van der Waals surface area contributed by atoms with E-state index >= 15 is 0 Å². The van der Waals surface area contributed by atoms with E-state index in [1.807, 2.05) is 18.2 Å². The lowest BCUT2D eigenvalue weighted by molar-refractivity contribution is 0.0988. The van der Waals surface area contributed by atoms with Crippen LogP contribution in [0.15, 0.2) is 84.9 Å². The van der Waals surface area contributed by atoms with Gasteiger partial charge in [0.15, 0.2) is 0 Å². The highest BCUT2D eigenvalue weighted by molar-refractivity contribution is 6.30. The Morgan fingerprint density at radius 3 is 2.18 bits per heavy atom. The maximum absolute atomic E-state index is 6.22. The quantitative estimate of drug-likeness (QED) is 0.320. The number of hydrogen-bond donors (Lipinski definition) is 1. The highest BCUT2D eigenvalue weighted by Crippen LogP contribution is 2.33. The Balaban J connectivity index is 1.37. The summed E-state index contributed by atoms with van der Waals surface area (Å²) in [4.78, 5) is 11.1. The Kier molecular flexibility index (Phi) is 6.55. The molecule has 1 saturated heterocycles. The zero-order valence-corrected chi connectivity index (χ0v) is 20.7. The average Bonchev–Trinajstić information content (AvgIpc) is 3.27. The van der Waals surface area contributed by atoms with Gasteiger partial charge in [0.05, 0.1) is 24.8 Å². The SMILES string of the molecule is Cc1[nH]c(-c2ccccc2)nc1C(C)N1CC[N+](Cc2ccccc2)(c2ccc(Cl)cc2)CC1. The van der Waals surface area contributed by atoms with Crippen molar-refractivity contribution in [2.24, 2.45) is 0 Å². The molecule has 1 unspecified atom stereocenters. The molecule has 1 N–H and O–H groups in total. The third kappa shape index (κ3) is 4.67. The minimum absolute atomic E-state index is 0.262. The van der Waals surface area contributed by atoms with Gasteiger partial charge in [-0.05, 0) is 26.0 Å². The number of hydrogen-bond acceptors (Lipinski definition) is 2. The largest absolute Gasteiger partial charge is 0.342 e. The number of benzene rings is 3. The summed E-state index contributed by atoms with van der Waals surface area (Å²) in [6, 6.07) is 29.9. The monoisotopic (exact) mass is 471 g/mol. The van der Waals surface area contributed by atoms with E-state index in [0.717, 1.165) is 65.0 Å². The molecule has 5 heteroatoms. The van der Waals surface area contributed by atoms with Crippen LogP contribution in [0.2, 0.25) is 5.02 Å². The molecule has 1 aliphatic rings. The maximum Gasteiger partial charge on any atom is 0.137 e. The van der Waals surface area contributed by atoms with Crippen molar-refractivity contribution in [3.63, 3.8) is 0 Å². The maximum atomic E-state index is 6.22. The van der Waals surface area contributed by atoms with Crippen LogP contribution in [0.25, 0.3) is 11.4 Å². The molecule has 174 valence electrons. The molecule has 0 saturated carbocycles. The first-order valence-electron chi connectivity index (χ1n) is 12.1. The summed E-state index contributed by atoms with van der Waals surface area (Å²) in [5.74, 6) is 0.951. The van der Waals surface area contributed by atoms with E-state index in [-0.39, 0.29) is 6.04 Å². The van der Waals surface area contributed by atoms with Gasteiger partial charge >= 0.3 is 0 Å².